The van der Waals surface area contributed by atoms with E-state index in [1.807, 2.05) is 36.4 Å². The highest BCUT2D eigenvalue weighted by Gasteiger charge is 2.24. The van der Waals surface area contributed by atoms with E-state index < -0.39 is 0 Å². The first-order chi connectivity index (χ1) is 10.7. The summed E-state index contributed by atoms with van der Waals surface area (Å²) < 4.78 is 5.56. The predicted octanol–water partition coefficient (Wildman–Crippen LogP) is 4.62. The van der Waals surface area contributed by atoms with E-state index in [4.69, 9.17) is 16.3 Å². The number of anilines is 1. The molecule has 0 saturated heterocycles. The molecule has 2 aromatic rings. The van der Waals surface area contributed by atoms with Crippen LogP contribution in [0.1, 0.15) is 24.5 Å². The van der Waals surface area contributed by atoms with Gasteiger partial charge in [-0.3, -0.25) is 4.79 Å². The lowest BCUT2D eigenvalue weighted by Gasteiger charge is -2.04. The van der Waals surface area contributed by atoms with Crippen LogP contribution in [0.5, 0.6) is 5.75 Å². The van der Waals surface area contributed by atoms with Gasteiger partial charge in [0.15, 0.2) is 0 Å². The van der Waals surface area contributed by atoms with Crippen molar-refractivity contribution in [2.24, 2.45) is 0 Å². The lowest BCUT2D eigenvalue weighted by atomic mass is 10.0. The third-order valence-electron chi connectivity index (χ3n) is 3.43. The van der Waals surface area contributed by atoms with Gasteiger partial charge in [0.25, 0.3) is 5.91 Å². The third kappa shape index (κ3) is 3.00. The van der Waals surface area contributed by atoms with Crippen LogP contribution in [0.4, 0.5) is 5.69 Å². The van der Waals surface area contributed by atoms with E-state index >= 15 is 0 Å². The number of halogens is 1. The van der Waals surface area contributed by atoms with Gasteiger partial charge in [-0.1, -0.05) is 30.7 Å². The van der Waals surface area contributed by atoms with Crippen LogP contribution in [0.3, 0.4) is 0 Å². The molecule has 0 saturated carbocycles. The monoisotopic (exact) mass is 313 g/mol. The average Bonchev–Trinajstić information content (AvgIpc) is 2.82. The van der Waals surface area contributed by atoms with Gasteiger partial charge in [-0.25, -0.2) is 0 Å². The summed E-state index contributed by atoms with van der Waals surface area (Å²) in [5.74, 6) is 0.729. The Labute approximate surface area is 134 Å². The molecule has 1 heterocycles. The van der Waals surface area contributed by atoms with E-state index in [9.17, 15) is 4.79 Å². The van der Waals surface area contributed by atoms with Gasteiger partial charge in [-0.2, -0.15) is 0 Å². The number of amides is 1. The standard InChI is InChI=1S/C18H16ClNO2/c1-2-9-22-14-6-3-12(4-7-14)10-16-15-11-13(19)5-8-17(15)20-18(16)21/h3-8,10-11H,2,9H2,1H3,(H,20,21). The molecular weight excluding hydrogens is 298 g/mol. The average molecular weight is 314 g/mol. The van der Waals surface area contributed by atoms with Crippen molar-refractivity contribution in [2.75, 3.05) is 11.9 Å². The van der Waals surface area contributed by atoms with Crippen LogP contribution < -0.4 is 10.1 Å². The van der Waals surface area contributed by atoms with Gasteiger partial charge < -0.3 is 10.1 Å². The maximum Gasteiger partial charge on any atom is 0.256 e. The fraction of sp³-hybridized carbons (Fsp3) is 0.167. The van der Waals surface area contributed by atoms with E-state index in [1.54, 1.807) is 12.1 Å². The first-order valence-corrected chi connectivity index (χ1v) is 7.61. The van der Waals surface area contributed by atoms with Gasteiger partial charge in [0.05, 0.1) is 6.61 Å². The smallest absolute Gasteiger partial charge is 0.256 e. The Kier molecular flexibility index (Phi) is 4.16. The Balaban J connectivity index is 1.89. The number of ether oxygens (including phenoxy) is 1. The number of hydrogen-bond acceptors (Lipinski definition) is 2. The molecule has 0 atom stereocenters. The van der Waals surface area contributed by atoms with Gasteiger partial charge in [0, 0.05) is 21.8 Å². The molecule has 0 bridgehead atoms. The fourth-order valence-corrected chi connectivity index (χ4v) is 2.52. The number of nitrogens with one attached hydrogen (secondary N) is 1. The molecule has 1 aliphatic rings. The summed E-state index contributed by atoms with van der Waals surface area (Å²) in [5, 5.41) is 3.46. The van der Waals surface area contributed by atoms with Crippen molar-refractivity contribution in [2.45, 2.75) is 13.3 Å². The second-order valence-corrected chi connectivity index (χ2v) is 5.56. The van der Waals surface area contributed by atoms with Crippen LogP contribution >= 0.6 is 11.6 Å². The summed E-state index contributed by atoms with van der Waals surface area (Å²) in [4.78, 5) is 12.1. The van der Waals surface area contributed by atoms with Gasteiger partial charge in [0.1, 0.15) is 5.75 Å². The van der Waals surface area contributed by atoms with Crippen LogP contribution in [0, 0.1) is 0 Å². The topological polar surface area (TPSA) is 38.3 Å². The Morgan fingerprint density at radius 3 is 2.68 bits per heavy atom. The Morgan fingerprint density at radius 2 is 1.95 bits per heavy atom. The zero-order valence-corrected chi connectivity index (χ0v) is 13.0. The molecule has 0 fully saturated rings. The van der Waals surface area contributed by atoms with E-state index in [0.29, 0.717) is 17.2 Å². The van der Waals surface area contributed by atoms with Crippen LogP contribution in [-0.2, 0) is 4.79 Å². The van der Waals surface area contributed by atoms with E-state index in [-0.39, 0.29) is 5.91 Å². The lowest BCUT2D eigenvalue weighted by molar-refractivity contribution is -0.110. The molecule has 0 aromatic heterocycles. The second-order valence-electron chi connectivity index (χ2n) is 5.12. The van der Waals surface area contributed by atoms with Crippen molar-refractivity contribution in [3.05, 3.63) is 58.6 Å². The molecule has 4 heteroatoms. The number of hydrogen-bond donors (Lipinski definition) is 1. The van der Waals surface area contributed by atoms with Crippen LogP contribution in [-0.4, -0.2) is 12.5 Å². The lowest BCUT2D eigenvalue weighted by Crippen LogP contribution is -2.03. The Morgan fingerprint density at radius 1 is 1.18 bits per heavy atom. The highest BCUT2D eigenvalue weighted by atomic mass is 35.5. The molecule has 1 aliphatic heterocycles. The summed E-state index contributed by atoms with van der Waals surface area (Å²) in [5.41, 5.74) is 3.20. The van der Waals surface area contributed by atoms with Crippen molar-refractivity contribution in [1.82, 2.24) is 0 Å². The molecule has 2 aromatic carbocycles. The maximum atomic E-state index is 12.1. The number of benzene rings is 2. The van der Waals surface area contributed by atoms with Gasteiger partial charge >= 0.3 is 0 Å². The van der Waals surface area contributed by atoms with E-state index in [2.05, 4.69) is 12.2 Å². The van der Waals surface area contributed by atoms with Crippen LogP contribution in [0.2, 0.25) is 5.02 Å². The highest BCUT2D eigenvalue weighted by Crippen LogP contribution is 2.35. The highest BCUT2D eigenvalue weighted by molar-refractivity contribution is 6.36. The molecule has 0 unspecified atom stereocenters. The Bertz CT molecular complexity index is 735. The molecule has 0 radical (unpaired) electrons. The summed E-state index contributed by atoms with van der Waals surface area (Å²) in [6.07, 6.45) is 2.84. The van der Waals surface area contributed by atoms with Gasteiger partial charge in [-0.15, -0.1) is 0 Å². The molecule has 3 nitrogen and oxygen atoms in total. The summed E-state index contributed by atoms with van der Waals surface area (Å²) >= 11 is 6.03. The minimum Gasteiger partial charge on any atom is -0.494 e. The van der Waals surface area contributed by atoms with Crippen molar-refractivity contribution in [1.29, 1.82) is 0 Å². The van der Waals surface area contributed by atoms with Gasteiger partial charge in [0.2, 0.25) is 0 Å². The Hall–Kier alpha value is -2.26. The van der Waals surface area contributed by atoms with Crippen molar-refractivity contribution < 1.29 is 9.53 Å². The summed E-state index contributed by atoms with van der Waals surface area (Å²) in [6, 6.07) is 13.1. The molecule has 3 rings (SSSR count). The summed E-state index contributed by atoms with van der Waals surface area (Å²) in [6.45, 7) is 2.77. The predicted molar refractivity (Wildman–Crippen MR) is 90.2 cm³/mol. The minimum absolute atomic E-state index is 0.108. The molecular formula is C18H16ClNO2. The van der Waals surface area contributed by atoms with Crippen LogP contribution in [0.15, 0.2) is 42.5 Å². The van der Waals surface area contributed by atoms with E-state index in [1.165, 1.54) is 0 Å². The minimum atomic E-state index is -0.108. The molecule has 112 valence electrons. The van der Waals surface area contributed by atoms with E-state index in [0.717, 1.165) is 29.0 Å². The third-order valence-corrected chi connectivity index (χ3v) is 3.66. The molecule has 0 aliphatic carbocycles. The SMILES string of the molecule is CCCOc1ccc(C=C2C(=O)Nc3ccc(Cl)cc32)cc1. The molecule has 0 spiro atoms. The van der Waals surface area contributed by atoms with Gasteiger partial charge in [-0.05, 0) is 48.4 Å². The number of carbonyl (C=O) groups is 1. The maximum absolute atomic E-state index is 12.1. The molecule has 1 N–H and O–H groups in total. The quantitative estimate of drug-likeness (QED) is 0.836. The first-order valence-electron chi connectivity index (χ1n) is 7.23. The first kappa shape index (κ1) is 14.7. The number of rotatable bonds is 4. The summed E-state index contributed by atoms with van der Waals surface area (Å²) in [7, 11) is 0. The molecule has 1 amide bonds. The van der Waals surface area contributed by atoms with Crippen molar-refractivity contribution in [3.63, 3.8) is 0 Å². The van der Waals surface area contributed by atoms with Crippen molar-refractivity contribution >= 4 is 34.8 Å². The second kappa shape index (κ2) is 6.24. The largest absolute Gasteiger partial charge is 0.494 e. The zero-order chi connectivity index (χ0) is 15.5. The molecule has 22 heavy (non-hydrogen) atoms. The zero-order valence-electron chi connectivity index (χ0n) is 12.2. The number of fused-ring (bicyclic) bond motifs is 1. The number of carbonyl (C=O) groups excluding carboxylic acids is 1. The van der Waals surface area contributed by atoms with Crippen LogP contribution in [0.25, 0.3) is 11.6 Å². The van der Waals surface area contributed by atoms with Crippen molar-refractivity contribution in [3.8, 4) is 5.75 Å². The fourth-order valence-electron chi connectivity index (χ4n) is 2.35. The normalized spacial score (nSPS) is 14.8.